The van der Waals surface area contributed by atoms with E-state index in [1.54, 1.807) is 16.9 Å². The number of ether oxygens (including phenoxy) is 1. The smallest absolute Gasteiger partial charge is 0.341 e. The number of benzene rings is 1. The maximum atomic E-state index is 12.7. The molecule has 2 aromatic heterocycles. The lowest BCUT2D eigenvalue weighted by Crippen LogP contribution is -2.29. The summed E-state index contributed by atoms with van der Waals surface area (Å²) in [7, 11) is 1.37. The molecule has 3 heterocycles. The van der Waals surface area contributed by atoms with Crippen LogP contribution in [0.15, 0.2) is 42.6 Å². The number of rotatable bonds is 6. The summed E-state index contributed by atoms with van der Waals surface area (Å²) in [5.41, 5.74) is 3.03. The summed E-state index contributed by atoms with van der Waals surface area (Å²) in [6, 6.07) is 12.0. The minimum absolute atomic E-state index is 0.324. The topological polar surface area (TPSA) is 76.5 Å². The fourth-order valence-electron chi connectivity index (χ4n) is 3.67. The third-order valence-electron chi connectivity index (χ3n) is 5.20. The lowest BCUT2D eigenvalue weighted by molar-refractivity contribution is 0.0600. The standard InChI is InChI=1S/C22H24N4O3S/c1-3-26-12-10-17(24-26)20(27)23-21-19(22(28)29-2)16-9-11-25(14-18(16)30-21)13-15-7-5-4-6-8-15/h4-8,10,12H,3,9,11,13-14H2,1-2H3,(H,23,27). The number of carbonyl (C=O) groups excluding carboxylic acids is 2. The van der Waals surface area contributed by atoms with Crippen LogP contribution >= 0.6 is 11.3 Å². The number of nitrogens with zero attached hydrogens (tertiary/aromatic N) is 3. The quantitative estimate of drug-likeness (QED) is 0.613. The Morgan fingerprint density at radius 2 is 2.03 bits per heavy atom. The highest BCUT2D eigenvalue weighted by atomic mass is 32.1. The maximum absolute atomic E-state index is 12.7. The Bertz CT molecular complexity index is 1060. The molecular formula is C22H24N4O3S. The molecule has 0 aliphatic carbocycles. The van der Waals surface area contributed by atoms with Crippen molar-refractivity contribution in [2.45, 2.75) is 33.0 Å². The van der Waals surface area contributed by atoms with Crippen molar-refractivity contribution in [3.8, 4) is 0 Å². The molecule has 8 heteroatoms. The second-order valence-corrected chi connectivity index (χ2v) is 8.26. The Morgan fingerprint density at radius 1 is 1.23 bits per heavy atom. The van der Waals surface area contributed by atoms with Crippen LogP contribution in [-0.2, 0) is 30.8 Å². The van der Waals surface area contributed by atoms with Gasteiger partial charge in [-0.1, -0.05) is 30.3 Å². The number of fused-ring (bicyclic) bond motifs is 1. The molecule has 30 heavy (non-hydrogen) atoms. The van der Waals surface area contributed by atoms with Crippen LogP contribution in [0.25, 0.3) is 0 Å². The molecule has 0 saturated heterocycles. The first-order valence-electron chi connectivity index (χ1n) is 9.93. The van der Waals surface area contributed by atoms with Crippen LogP contribution in [0.1, 0.15) is 43.8 Å². The van der Waals surface area contributed by atoms with E-state index in [4.69, 9.17) is 4.74 Å². The van der Waals surface area contributed by atoms with Crippen molar-refractivity contribution in [3.63, 3.8) is 0 Å². The predicted molar refractivity (Wildman–Crippen MR) is 116 cm³/mol. The van der Waals surface area contributed by atoms with Gasteiger partial charge in [-0.2, -0.15) is 5.10 Å². The molecule has 0 radical (unpaired) electrons. The van der Waals surface area contributed by atoms with Crippen LogP contribution in [0.4, 0.5) is 5.00 Å². The molecule has 0 atom stereocenters. The van der Waals surface area contributed by atoms with E-state index in [-0.39, 0.29) is 5.91 Å². The second-order valence-electron chi connectivity index (χ2n) is 7.16. The Labute approximate surface area is 179 Å². The minimum Gasteiger partial charge on any atom is -0.465 e. The molecule has 7 nitrogen and oxygen atoms in total. The van der Waals surface area contributed by atoms with Crippen LogP contribution in [0.3, 0.4) is 0 Å². The lowest BCUT2D eigenvalue weighted by atomic mass is 10.0. The van der Waals surface area contributed by atoms with Crippen LogP contribution in [0.2, 0.25) is 0 Å². The molecule has 1 aliphatic heterocycles. The normalized spacial score (nSPS) is 13.7. The zero-order chi connectivity index (χ0) is 21.1. The van der Waals surface area contributed by atoms with Gasteiger partial charge in [0, 0.05) is 37.3 Å². The number of carbonyl (C=O) groups is 2. The molecule has 0 bridgehead atoms. The van der Waals surface area contributed by atoms with Gasteiger partial charge in [0.05, 0.1) is 12.7 Å². The highest BCUT2D eigenvalue weighted by molar-refractivity contribution is 7.17. The molecule has 0 fully saturated rings. The van der Waals surface area contributed by atoms with Crippen LogP contribution in [-0.4, -0.2) is 40.2 Å². The summed E-state index contributed by atoms with van der Waals surface area (Å²) < 4.78 is 6.71. The van der Waals surface area contributed by atoms with Crippen molar-refractivity contribution in [2.24, 2.45) is 0 Å². The van der Waals surface area contributed by atoms with Crippen molar-refractivity contribution in [3.05, 3.63) is 69.9 Å². The monoisotopic (exact) mass is 424 g/mol. The maximum Gasteiger partial charge on any atom is 0.341 e. The van der Waals surface area contributed by atoms with Gasteiger partial charge in [-0.05, 0) is 30.5 Å². The van der Waals surface area contributed by atoms with Gasteiger partial charge >= 0.3 is 5.97 Å². The molecule has 0 saturated carbocycles. The first-order chi connectivity index (χ1) is 14.6. The number of nitrogens with one attached hydrogen (secondary N) is 1. The molecule has 1 amide bonds. The van der Waals surface area contributed by atoms with Gasteiger partial charge < -0.3 is 10.1 Å². The average Bonchev–Trinajstić information content (AvgIpc) is 3.38. The summed E-state index contributed by atoms with van der Waals surface area (Å²) in [6.07, 6.45) is 2.50. The molecule has 3 aromatic rings. The lowest BCUT2D eigenvalue weighted by Gasteiger charge is -2.27. The SMILES string of the molecule is CCn1ccc(C(=O)Nc2sc3c(c2C(=O)OC)CCN(Cc2ccccc2)C3)n1. The molecule has 4 rings (SSSR count). The third kappa shape index (κ3) is 4.15. The summed E-state index contributed by atoms with van der Waals surface area (Å²) >= 11 is 1.45. The van der Waals surface area contributed by atoms with Gasteiger partial charge in [-0.25, -0.2) is 4.79 Å². The van der Waals surface area contributed by atoms with Crippen LogP contribution in [0, 0.1) is 0 Å². The molecule has 1 aliphatic rings. The van der Waals surface area contributed by atoms with E-state index in [0.29, 0.717) is 22.8 Å². The fraction of sp³-hybridized carbons (Fsp3) is 0.318. The summed E-state index contributed by atoms with van der Waals surface area (Å²) in [6.45, 7) is 5.07. The Hall–Kier alpha value is -2.97. The number of esters is 1. The van der Waals surface area contributed by atoms with Crippen molar-refractivity contribution in [2.75, 3.05) is 19.0 Å². The molecule has 1 aromatic carbocycles. The molecule has 1 N–H and O–H groups in total. The Morgan fingerprint density at radius 3 is 2.73 bits per heavy atom. The van der Waals surface area contributed by atoms with E-state index >= 15 is 0 Å². The third-order valence-corrected chi connectivity index (χ3v) is 6.33. The van der Waals surface area contributed by atoms with Gasteiger partial charge in [0.15, 0.2) is 5.69 Å². The Kier molecular flexibility index (Phi) is 5.96. The van der Waals surface area contributed by atoms with E-state index in [1.165, 1.54) is 24.0 Å². The van der Waals surface area contributed by atoms with Crippen molar-refractivity contribution < 1.29 is 14.3 Å². The van der Waals surface area contributed by atoms with Crippen molar-refractivity contribution >= 4 is 28.2 Å². The van der Waals surface area contributed by atoms with Gasteiger partial charge in [0.1, 0.15) is 5.00 Å². The van der Waals surface area contributed by atoms with E-state index in [9.17, 15) is 9.59 Å². The molecule has 0 spiro atoms. The van der Waals surface area contributed by atoms with Crippen LogP contribution < -0.4 is 5.32 Å². The van der Waals surface area contributed by atoms with Gasteiger partial charge in [-0.3, -0.25) is 14.4 Å². The zero-order valence-corrected chi connectivity index (χ0v) is 17.9. The largest absolute Gasteiger partial charge is 0.465 e. The number of hydrogen-bond donors (Lipinski definition) is 1. The van der Waals surface area contributed by atoms with E-state index in [1.807, 2.05) is 25.1 Å². The van der Waals surface area contributed by atoms with Crippen molar-refractivity contribution in [1.29, 1.82) is 0 Å². The highest BCUT2D eigenvalue weighted by Crippen LogP contribution is 2.38. The summed E-state index contributed by atoms with van der Waals surface area (Å²) in [5.74, 6) is -0.745. The summed E-state index contributed by atoms with van der Waals surface area (Å²) in [5, 5.41) is 7.66. The van der Waals surface area contributed by atoms with E-state index in [2.05, 4.69) is 27.4 Å². The number of aromatic nitrogens is 2. The van der Waals surface area contributed by atoms with E-state index in [0.717, 1.165) is 36.5 Å². The minimum atomic E-state index is -0.418. The summed E-state index contributed by atoms with van der Waals surface area (Å²) in [4.78, 5) is 28.6. The number of anilines is 1. The zero-order valence-electron chi connectivity index (χ0n) is 17.1. The second kappa shape index (κ2) is 8.81. The molecular weight excluding hydrogens is 400 g/mol. The number of amides is 1. The number of methoxy groups -OCH3 is 1. The number of hydrogen-bond acceptors (Lipinski definition) is 6. The van der Waals surface area contributed by atoms with Crippen LogP contribution in [0.5, 0.6) is 0 Å². The first-order valence-corrected chi connectivity index (χ1v) is 10.7. The molecule has 0 unspecified atom stereocenters. The predicted octanol–water partition coefficient (Wildman–Crippen LogP) is 3.56. The molecule has 156 valence electrons. The number of thiophene rings is 1. The van der Waals surface area contributed by atoms with Gasteiger partial charge in [-0.15, -0.1) is 11.3 Å². The van der Waals surface area contributed by atoms with Gasteiger partial charge in [0.2, 0.25) is 0 Å². The first kappa shape index (κ1) is 20.3. The fourth-order valence-corrected chi connectivity index (χ4v) is 4.94. The Balaban J connectivity index is 1.57. The number of aryl methyl sites for hydroxylation is 1. The highest BCUT2D eigenvalue weighted by Gasteiger charge is 2.29. The van der Waals surface area contributed by atoms with E-state index < -0.39 is 5.97 Å². The average molecular weight is 425 g/mol. The van der Waals surface area contributed by atoms with Gasteiger partial charge in [0.25, 0.3) is 5.91 Å². The van der Waals surface area contributed by atoms with Crippen molar-refractivity contribution in [1.82, 2.24) is 14.7 Å².